The maximum atomic E-state index is 11.8. The predicted octanol–water partition coefficient (Wildman–Crippen LogP) is 3.71. The van der Waals surface area contributed by atoms with E-state index >= 15 is 0 Å². The van der Waals surface area contributed by atoms with Gasteiger partial charge in [-0.3, -0.25) is 4.79 Å². The Morgan fingerprint density at radius 3 is 2.38 bits per heavy atom. The lowest BCUT2D eigenvalue weighted by Gasteiger charge is -2.09. The molecule has 1 aliphatic rings. The van der Waals surface area contributed by atoms with Crippen LogP contribution in [0.4, 0.5) is 0 Å². The summed E-state index contributed by atoms with van der Waals surface area (Å²) >= 11 is 12.1. The Morgan fingerprint density at radius 2 is 1.81 bits per heavy atom. The Hall–Kier alpha value is -0.990. The average Bonchev–Trinajstić information content (AvgIpc) is 2.60. The number of benzene rings is 1. The summed E-state index contributed by atoms with van der Waals surface area (Å²) in [5.74, 6) is 0.701. The summed E-state index contributed by atoms with van der Waals surface area (Å²) < 4.78 is 5.20. The van der Waals surface area contributed by atoms with Gasteiger partial charge in [-0.2, -0.15) is 0 Å². The summed E-state index contributed by atoms with van der Waals surface area (Å²) in [6.45, 7) is 0. The van der Waals surface area contributed by atoms with E-state index in [1.54, 1.807) is 25.3 Å². The molecule has 1 aromatic rings. The van der Waals surface area contributed by atoms with Crippen molar-refractivity contribution in [2.45, 2.75) is 12.8 Å². The van der Waals surface area contributed by atoms with E-state index in [1.165, 1.54) is 0 Å². The molecule has 0 saturated carbocycles. The summed E-state index contributed by atoms with van der Waals surface area (Å²) in [5.41, 5.74) is 1.11. The molecule has 2 nitrogen and oxygen atoms in total. The van der Waals surface area contributed by atoms with Crippen LogP contribution in [0.25, 0.3) is 5.57 Å². The fourth-order valence-electron chi connectivity index (χ4n) is 1.85. The summed E-state index contributed by atoms with van der Waals surface area (Å²) in [4.78, 5) is 11.8. The highest BCUT2D eigenvalue weighted by Crippen LogP contribution is 2.38. The van der Waals surface area contributed by atoms with Gasteiger partial charge in [0, 0.05) is 18.4 Å². The minimum absolute atomic E-state index is 0.0341. The van der Waals surface area contributed by atoms with Crippen LogP contribution in [-0.4, -0.2) is 12.9 Å². The molecule has 0 saturated heterocycles. The quantitative estimate of drug-likeness (QED) is 0.807. The minimum atomic E-state index is 0.0341. The predicted molar refractivity (Wildman–Crippen MR) is 64.6 cm³/mol. The largest absolute Gasteiger partial charge is 0.500 e. The Labute approximate surface area is 104 Å². The molecule has 0 spiro atoms. The third kappa shape index (κ3) is 1.83. The summed E-state index contributed by atoms with van der Waals surface area (Å²) in [5, 5.41) is 0.958. The lowest BCUT2D eigenvalue weighted by Crippen LogP contribution is -1.98. The van der Waals surface area contributed by atoms with Crippen LogP contribution in [0.2, 0.25) is 10.0 Å². The van der Waals surface area contributed by atoms with Crippen molar-refractivity contribution in [2.24, 2.45) is 0 Å². The fraction of sp³-hybridized carbons (Fsp3) is 0.250. The van der Waals surface area contributed by atoms with Crippen LogP contribution >= 0.6 is 23.2 Å². The Bertz CT molecular complexity index is 458. The van der Waals surface area contributed by atoms with E-state index < -0.39 is 0 Å². The number of allylic oxidation sites excluding steroid dienone is 2. The molecule has 0 amide bonds. The summed E-state index contributed by atoms with van der Waals surface area (Å²) in [6, 6.07) is 5.18. The van der Waals surface area contributed by atoms with Gasteiger partial charge in [-0.1, -0.05) is 29.3 Å². The van der Waals surface area contributed by atoms with Gasteiger partial charge >= 0.3 is 0 Å². The van der Waals surface area contributed by atoms with E-state index in [1.807, 2.05) is 0 Å². The van der Waals surface area contributed by atoms with Gasteiger partial charge in [0.2, 0.25) is 0 Å². The molecule has 16 heavy (non-hydrogen) atoms. The van der Waals surface area contributed by atoms with Crippen molar-refractivity contribution in [2.75, 3.05) is 7.11 Å². The van der Waals surface area contributed by atoms with Crippen LogP contribution in [-0.2, 0) is 9.53 Å². The zero-order valence-corrected chi connectivity index (χ0v) is 10.2. The number of ether oxygens (including phenoxy) is 1. The van der Waals surface area contributed by atoms with Gasteiger partial charge in [0.25, 0.3) is 0 Å². The van der Waals surface area contributed by atoms with Crippen LogP contribution < -0.4 is 0 Å². The van der Waals surface area contributed by atoms with Crippen molar-refractivity contribution < 1.29 is 9.53 Å². The first-order chi connectivity index (χ1) is 7.65. The second kappa shape index (κ2) is 4.48. The van der Waals surface area contributed by atoms with E-state index in [2.05, 4.69) is 0 Å². The maximum Gasteiger partial charge on any atom is 0.167 e. The third-order valence-corrected chi connectivity index (χ3v) is 3.23. The van der Waals surface area contributed by atoms with E-state index in [4.69, 9.17) is 27.9 Å². The van der Waals surface area contributed by atoms with Gasteiger partial charge in [-0.25, -0.2) is 0 Å². The Kier molecular flexibility index (Phi) is 3.22. The number of methoxy groups -OCH3 is 1. The van der Waals surface area contributed by atoms with Gasteiger partial charge in [-0.05, 0) is 12.1 Å². The molecule has 0 fully saturated rings. The lowest BCUT2D eigenvalue weighted by atomic mass is 10.0. The van der Waals surface area contributed by atoms with E-state index in [-0.39, 0.29) is 5.78 Å². The first-order valence-corrected chi connectivity index (χ1v) is 5.65. The molecule has 4 heteroatoms. The fourth-order valence-corrected chi connectivity index (χ4v) is 2.44. The van der Waals surface area contributed by atoms with Crippen molar-refractivity contribution in [1.82, 2.24) is 0 Å². The third-order valence-electron chi connectivity index (χ3n) is 2.60. The van der Waals surface area contributed by atoms with Crippen LogP contribution in [0.3, 0.4) is 0 Å². The number of rotatable bonds is 2. The van der Waals surface area contributed by atoms with Gasteiger partial charge in [0.05, 0.1) is 22.7 Å². The van der Waals surface area contributed by atoms with Gasteiger partial charge in [0.15, 0.2) is 5.78 Å². The smallest absolute Gasteiger partial charge is 0.167 e. The summed E-state index contributed by atoms with van der Waals surface area (Å²) in [6.07, 6.45) is 1.08. The number of carbonyl (C=O) groups is 1. The van der Waals surface area contributed by atoms with Crippen LogP contribution in [0.15, 0.2) is 24.0 Å². The van der Waals surface area contributed by atoms with Crippen LogP contribution in [0.5, 0.6) is 0 Å². The molecule has 0 bridgehead atoms. The van der Waals surface area contributed by atoms with E-state index in [9.17, 15) is 4.79 Å². The molecule has 0 radical (unpaired) electrons. The zero-order valence-electron chi connectivity index (χ0n) is 8.72. The van der Waals surface area contributed by atoms with Crippen LogP contribution in [0.1, 0.15) is 18.4 Å². The second-order valence-electron chi connectivity index (χ2n) is 3.52. The molecule has 0 unspecified atom stereocenters. The topological polar surface area (TPSA) is 26.3 Å². The standard InChI is InChI=1S/C12H10Cl2O2/c1-16-10-6-5-9(15)12(10)11-7(13)3-2-4-8(11)14/h2-4H,5-6H2,1H3. The second-order valence-corrected chi connectivity index (χ2v) is 4.34. The van der Waals surface area contributed by atoms with Gasteiger partial charge in [-0.15, -0.1) is 0 Å². The van der Waals surface area contributed by atoms with Crippen molar-refractivity contribution >= 4 is 34.6 Å². The number of ketones is 1. The number of Topliss-reactive ketones (excluding diaryl/α,β-unsaturated/α-hetero) is 1. The van der Waals surface area contributed by atoms with Gasteiger partial charge < -0.3 is 4.74 Å². The molecule has 0 aromatic heterocycles. The lowest BCUT2D eigenvalue weighted by molar-refractivity contribution is -0.113. The molecule has 1 aliphatic carbocycles. The first kappa shape index (κ1) is 11.5. The highest BCUT2D eigenvalue weighted by atomic mass is 35.5. The van der Waals surface area contributed by atoms with Crippen LogP contribution in [0, 0.1) is 0 Å². The highest BCUT2D eigenvalue weighted by Gasteiger charge is 2.28. The highest BCUT2D eigenvalue weighted by molar-refractivity contribution is 6.41. The molecule has 0 aliphatic heterocycles. The average molecular weight is 257 g/mol. The van der Waals surface area contributed by atoms with E-state index in [0.29, 0.717) is 39.8 Å². The van der Waals surface area contributed by atoms with Crippen molar-refractivity contribution in [1.29, 1.82) is 0 Å². The Morgan fingerprint density at radius 1 is 1.19 bits per heavy atom. The molecule has 0 N–H and O–H groups in total. The number of carbonyl (C=O) groups excluding carboxylic acids is 1. The van der Waals surface area contributed by atoms with E-state index in [0.717, 1.165) is 0 Å². The van der Waals surface area contributed by atoms with Crippen molar-refractivity contribution in [3.05, 3.63) is 39.6 Å². The number of hydrogen-bond donors (Lipinski definition) is 0. The molecule has 0 atom stereocenters. The molecule has 0 heterocycles. The van der Waals surface area contributed by atoms with Crippen molar-refractivity contribution in [3.63, 3.8) is 0 Å². The molecule has 84 valence electrons. The summed E-state index contributed by atoms with van der Waals surface area (Å²) in [7, 11) is 1.55. The number of halogens is 2. The normalized spacial score (nSPS) is 15.8. The van der Waals surface area contributed by atoms with Crippen molar-refractivity contribution in [3.8, 4) is 0 Å². The Balaban J connectivity index is 2.63. The van der Waals surface area contributed by atoms with Gasteiger partial charge in [0.1, 0.15) is 5.76 Å². The molecule has 2 rings (SSSR count). The molecule has 1 aromatic carbocycles. The monoisotopic (exact) mass is 256 g/mol. The minimum Gasteiger partial charge on any atom is -0.500 e. The molecular formula is C12H10Cl2O2. The SMILES string of the molecule is COC1=C(c2c(Cl)cccc2Cl)C(=O)CC1. The molecular weight excluding hydrogens is 247 g/mol. The number of hydrogen-bond acceptors (Lipinski definition) is 2. The zero-order chi connectivity index (χ0) is 11.7. The maximum absolute atomic E-state index is 11.8. The first-order valence-electron chi connectivity index (χ1n) is 4.90.